The largest absolute Gasteiger partial charge is 0.435 e. The molecule has 102 valence electrons. The van der Waals surface area contributed by atoms with Crippen LogP contribution < -0.4 is 5.32 Å². The smallest absolute Gasteiger partial charge is 0.370 e. The Kier molecular flexibility index (Phi) is 2.81. The van der Waals surface area contributed by atoms with Crippen LogP contribution in [0.1, 0.15) is 28.6 Å². The zero-order valence-corrected chi connectivity index (χ0v) is 11.0. The number of nitrogens with one attached hydrogen (secondary N) is 1. The van der Waals surface area contributed by atoms with Crippen molar-refractivity contribution < 1.29 is 13.2 Å². The average molecular weight is 287 g/mol. The number of alkyl halides is 3. The zero-order valence-electron chi connectivity index (χ0n) is 10.2. The van der Waals surface area contributed by atoms with Crippen LogP contribution in [0.3, 0.4) is 0 Å². The number of aromatic nitrogens is 2. The van der Waals surface area contributed by atoms with Crippen molar-refractivity contribution in [1.29, 1.82) is 0 Å². The van der Waals surface area contributed by atoms with E-state index in [1.54, 1.807) is 11.3 Å². The highest BCUT2D eigenvalue weighted by molar-refractivity contribution is 7.10. The Labute approximate surface area is 112 Å². The zero-order chi connectivity index (χ0) is 13.6. The van der Waals surface area contributed by atoms with Gasteiger partial charge >= 0.3 is 6.18 Å². The van der Waals surface area contributed by atoms with Crippen molar-refractivity contribution in [1.82, 2.24) is 9.78 Å². The predicted molar refractivity (Wildman–Crippen MR) is 67.5 cm³/mol. The number of fused-ring (bicyclic) bond motifs is 1. The first-order valence-corrected chi connectivity index (χ1v) is 6.79. The highest BCUT2D eigenvalue weighted by atomic mass is 32.1. The van der Waals surface area contributed by atoms with Crippen LogP contribution >= 0.6 is 11.3 Å². The second kappa shape index (κ2) is 4.26. The minimum absolute atomic E-state index is 0.104. The predicted octanol–water partition coefficient (Wildman–Crippen LogP) is 3.68. The van der Waals surface area contributed by atoms with Gasteiger partial charge in [-0.05, 0) is 30.4 Å². The van der Waals surface area contributed by atoms with Crippen LogP contribution in [-0.2, 0) is 6.18 Å². The molecule has 19 heavy (non-hydrogen) atoms. The van der Waals surface area contributed by atoms with Crippen molar-refractivity contribution in [3.8, 4) is 0 Å². The minimum atomic E-state index is -4.40. The van der Waals surface area contributed by atoms with E-state index in [0.29, 0.717) is 12.4 Å². The molecule has 0 aliphatic carbocycles. The van der Waals surface area contributed by atoms with Gasteiger partial charge in [-0.2, -0.15) is 18.3 Å². The first kappa shape index (κ1) is 12.5. The normalized spacial score (nSPS) is 19.1. The summed E-state index contributed by atoms with van der Waals surface area (Å²) in [6.07, 6.45) is -3.66. The molecular formula is C12H12F3N3S. The maximum Gasteiger partial charge on any atom is 0.435 e. The molecule has 0 amide bonds. The summed E-state index contributed by atoms with van der Waals surface area (Å²) in [5, 5.41) is 8.67. The van der Waals surface area contributed by atoms with Gasteiger partial charge in [0.25, 0.3) is 0 Å². The molecule has 2 aromatic rings. The van der Waals surface area contributed by atoms with Gasteiger partial charge in [0.15, 0.2) is 5.69 Å². The van der Waals surface area contributed by atoms with E-state index < -0.39 is 11.9 Å². The van der Waals surface area contributed by atoms with Crippen LogP contribution in [0.2, 0.25) is 0 Å². The van der Waals surface area contributed by atoms with Crippen molar-refractivity contribution in [2.45, 2.75) is 25.6 Å². The molecule has 0 aromatic carbocycles. The summed E-state index contributed by atoms with van der Waals surface area (Å²) in [6.45, 7) is 2.63. The minimum Gasteiger partial charge on any atom is -0.370 e. The molecule has 0 saturated heterocycles. The molecule has 3 heterocycles. The molecule has 1 aliphatic heterocycles. The molecule has 0 radical (unpaired) electrons. The van der Waals surface area contributed by atoms with E-state index in [2.05, 4.69) is 10.4 Å². The highest BCUT2D eigenvalue weighted by Crippen LogP contribution is 2.37. The van der Waals surface area contributed by atoms with Crippen molar-refractivity contribution in [3.05, 3.63) is 33.6 Å². The fourth-order valence-corrected chi connectivity index (χ4v) is 3.38. The van der Waals surface area contributed by atoms with Gasteiger partial charge in [0, 0.05) is 17.5 Å². The van der Waals surface area contributed by atoms with Crippen molar-refractivity contribution in [3.63, 3.8) is 0 Å². The number of rotatable bonds is 1. The highest BCUT2D eigenvalue weighted by Gasteiger charge is 2.37. The Morgan fingerprint density at radius 3 is 2.89 bits per heavy atom. The first-order chi connectivity index (χ1) is 8.97. The molecule has 1 unspecified atom stereocenters. The van der Waals surface area contributed by atoms with Gasteiger partial charge in [0.2, 0.25) is 0 Å². The summed E-state index contributed by atoms with van der Waals surface area (Å²) in [5.41, 5.74) is 0.267. The number of hydrogen-bond donors (Lipinski definition) is 1. The second-order valence-corrected chi connectivity index (χ2v) is 5.50. The Balaban J connectivity index is 2.05. The summed E-state index contributed by atoms with van der Waals surface area (Å²) in [7, 11) is 0. The molecule has 1 N–H and O–H groups in total. The standard InChI is InChI=1S/C12H12F3N3S/c1-7-3-5-19-11(7)8-2-4-16-10-6-9(12(13,14)15)17-18(8)10/h3,5-6,8,16H,2,4H2,1H3. The number of anilines is 1. The van der Waals surface area contributed by atoms with Gasteiger partial charge in [-0.1, -0.05) is 0 Å². The Morgan fingerprint density at radius 2 is 2.26 bits per heavy atom. The molecule has 1 aliphatic rings. The van der Waals surface area contributed by atoms with Gasteiger partial charge in [-0.25, -0.2) is 4.68 Å². The number of hydrogen-bond acceptors (Lipinski definition) is 3. The maximum absolute atomic E-state index is 12.7. The van der Waals surface area contributed by atoms with Crippen molar-refractivity contribution in [2.24, 2.45) is 0 Å². The average Bonchev–Trinajstić information content (AvgIpc) is 2.93. The lowest BCUT2D eigenvalue weighted by atomic mass is 10.1. The lowest BCUT2D eigenvalue weighted by molar-refractivity contribution is -0.141. The maximum atomic E-state index is 12.7. The van der Waals surface area contributed by atoms with E-state index >= 15 is 0 Å². The Morgan fingerprint density at radius 1 is 1.47 bits per heavy atom. The lowest BCUT2D eigenvalue weighted by Crippen LogP contribution is -2.24. The Hall–Kier alpha value is -1.50. The summed E-state index contributed by atoms with van der Waals surface area (Å²) >= 11 is 1.57. The van der Waals surface area contributed by atoms with Gasteiger partial charge in [-0.3, -0.25) is 0 Å². The van der Waals surface area contributed by atoms with Gasteiger partial charge in [0.1, 0.15) is 5.82 Å². The van der Waals surface area contributed by atoms with E-state index in [0.717, 1.165) is 22.9 Å². The quantitative estimate of drug-likeness (QED) is 0.867. The van der Waals surface area contributed by atoms with Crippen LogP contribution in [0.25, 0.3) is 0 Å². The summed E-state index contributed by atoms with van der Waals surface area (Å²) in [5.74, 6) is 0.441. The third kappa shape index (κ3) is 2.11. The van der Waals surface area contributed by atoms with E-state index in [9.17, 15) is 13.2 Å². The van der Waals surface area contributed by atoms with Crippen molar-refractivity contribution >= 4 is 17.2 Å². The van der Waals surface area contributed by atoms with Gasteiger partial charge < -0.3 is 5.32 Å². The van der Waals surface area contributed by atoms with Crippen LogP contribution in [-0.4, -0.2) is 16.3 Å². The lowest BCUT2D eigenvalue weighted by Gasteiger charge is -2.25. The molecule has 7 heteroatoms. The number of halogens is 3. The molecule has 0 fully saturated rings. The first-order valence-electron chi connectivity index (χ1n) is 5.91. The SMILES string of the molecule is Cc1ccsc1C1CCNc2cc(C(F)(F)F)nn21. The van der Waals surface area contributed by atoms with Gasteiger partial charge in [-0.15, -0.1) is 11.3 Å². The van der Waals surface area contributed by atoms with E-state index in [1.807, 2.05) is 18.4 Å². The van der Waals surface area contributed by atoms with Crippen LogP contribution in [0.4, 0.5) is 19.0 Å². The van der Waals surface area contributed by atoms with Crippen LogP contribution in [0, 0.1) is 6.92 Å². The molecule has 0 bridgehead atoms. The van der Waals surface area contributed by atoms with E-state index in [1.165, 1.54) is 4.68 Å². The molecular weight excluding hydrogens is 275 g/mol. The van der Waals surface area contributed by atoms with Gasteiger partial charge in [0.05, 0.1) is 6.04 Å². The number of aryl methyl sites for hydroxylation is 1. The van der Waals surface area contributed by atoms with Crippen molar-refractivity contribution in [2.75, 3.05) is 11.9 Å². The third-order valence-corrected chi connectivity index (χ3v) is 4.37. The molecule has 3 nitrogen and oxygen atoms in total. The summed E-state index contributed by atoms with van der Waals surface area (Å²) < 4.78 is 39.6. The second-order valence-electron chi connectivity index (χ2n) is 4.56. The summed E-state index contributed by atoms with van der Waals surface area (Å²) in [4.78, 5) is 1.08. The molecule has 0 spiro atoms. The molecule has 1 atom stereocenters. The van der Waals surface area contributed by atoms with E-state index in [-0.39, 0.29) is 6.04 Å². The third-order valence-electron chi connectivity index (χ3n) is 3.25. The number of thiophene rings is 1. The fourth-order valence-electron chi connectivity index (χ4n) is 2.33. The molecule has 2 aromatic heterocycles. The van der Waals surface area contributed by atoms with Crippen LogP contribution in [0.5, 0.6) is 0 Å². The molecule has 3 rings (SSSR count). The number of nitrogens with zero attached hydrogens (tertiary/aromatic N) is 2. The summed E-state index contributed by atoms with van der Waals surface area (Å²) in [6, 6.07) is 2.96. The topological polar surface area (TPSA) is 29.9 Å². The molecule has 0 saturated carbocycles. The van der Waals surface area contributed by atoms with E-state index in [4.69, 9.17) is 0 Å². The monoisotopic (exact) mass is 287 g/mol. The fraction of sp³-hybridized carbons (Fsp3) is 0.417. The Bertz CT molecular complexity index is 600. The van der Waals surface area contributed by atoms with Crippen LogP contribution in [0.15, 0.2) is 17.5 Å².